The molecule has 17 heteroatoms. The number of aryl methyl sites for hydroxylation is 1. The Bertz CT molecular complexity index is 1830. The fourth-order valence-electron chi connectivity index (χ4n) is 4.71. The third-order valence-corrected chi connectivity index (χ3v) is 7.29. The SMILES string of the molecule is C=CC(=O)OCCCCCc1ccc(OC(=O)c2ccc(OC(=O)c3ccc(OCCCCOC(=O)C=C)c(F)c3F)c(C(F)(F)F)c2C(F)(F)F)cc1. The maximum atomic E-state index is 14.8. The Hall–Kier alpha value is -5.74. The molecule has 0 N–H and O–H groups in total. The molecule has 0 aliphatic rings. The Morgan fingerprint density at radius 1 is 0.574 bits per heavy atom. The molecule has 54 heavy (non-hydrogen) atoms. The van der Waals surface area contributed by atoms with Crippen molar-refractivity contribution in [2.24, 2.45) is 0 Å². The number of hydrogen-bond acceptors (Lipinski definition) is 9. The number of halogens is 8. The van der Waals surface area contributed by atoms with Gasteiger partial charge in [0.15, 0.2) is 11.6 Å². The molecule has 0 spiro atoms. The van der Waals surface area contributed by atoms with Crippen molar-refractivity contribution in [1.29, 1.82) is 0 Å². The van der Waals surface area contributed by atoms with Crippen LogP contribution in [0.5, 0.6) is 17.2 Å². The zero-order valence-corrected chi connectivity index (χ0v) is 28.2. The molecule has 3 aromatic carbocycles. The molecular formula is C37H32F8O9. The maximum Gasteiger partial charge on any atom is 0.420 e. The van der Waals surface area contributed by atoms with Crippen molar-refractivity contribution in [1.82, 2.24) is 0 Å². The summed E-state index contributed by atoms with van der Waals surface area (Å²) in [7, 11) is 0. The van der Waals surface area contributed by atoms with E-state index in [1.807, 2.05) is 0 Å². The molecule has 0 atom stereocenters. The quantitative estimate of drug-likeness (QED) is 0.0412. The third-order valence-electron chi connectivity index (χ3n) is 7.29. The van der Waals surface area contributed by atoms with Gasteiger partial charge in [-0.1, -0.05) is 25.3 Å². The summed E-state index contributed by atoms with van der Waals surface area (Å²) in [5.41, 5.74) is -7.26. The van der Waals surface area contributed by atoms with Crippen LogP contribution < -0.4 is 14.2 Å². The van der Waals surface area contributed by atoms with E-state index in [-0.39, 0.29) is 50.5 Å². The van der Waals surface area contributed by atoms with Crippen molar-refractivity contribution in [3.05, 3.63) is 113 Å². The average molecular weight is 773 g/mol. The molecule has 0 fully saturated rings. The predicted molar refractivity (Wildman–Crippen MR) is 174 cm³/mol. The summed E-state index contributed by atoms with van der Waals surface area (Å²) in [5.74, 6) is -11.5. The Morgan fingerprint density at radius 2 is 1.09 bits per heavy atom. The third kappa shape index (κ3) is 12.2. The Labute approximate surface area is 303 Å². The van der Waals surface area contributed by atoms with E-state index in [4.69, 9.17) is 18.9 Å². The van der Waals surface area contributed by atoms with Gasteiger partial charge < -0.3 is 23.7 Å². The lowest BCUT2D eigenvalue weighted by molar-refractivity contribution is -0.163. The van der Waals surface area contributed by atoms with E-state index in [2.05, 4.69) is 17.9 Å². The Morgan fingerprint density at radius 3 is 1.67 bits per heavy atom. The zero-order chi connectivity index (χ0) is 40.1. The van der Waals surface area contributed by atoms with Gasteiger partial charge in [0.1, 0.15) is 17.1 Å². The van der Waals surface area contributed by atoms with E-state index in [1.54, 1.807) is 0 Å². The van der Waals surface area contributed by atoms with Gasteiger partial charge in [-0.25, -0.2) is 23.6 Å². The lowest BCUT2D eigenvalue weighted by Gasteiger charge is -2.21. The van der Waals surface area contributed by atoms with E-state index >= 15 is 0 Å². The van der Waals surface area contributed by atoms with Gasteiger partial charge in [-0.2, -0.15) is 30.7 Å². The van der Waals surface area contributed by atoms with Gasteiger partial charge in [-0.3, -0.25) is 0 Å². The van der Waals surface area contributed by atoms with E-state index in [0.717, 1.165) is 23.8 Å². The van der Waals surface area contributed by atoms with E-state index in [9.17, 15) is 54.3 Å². The first-order valence-electron chi connectivity index (χ1n) is 16.0. The highest BCUT2D eigenvalue weighted by atomic mass is 19.4. The first-order valence-corrected chi connectivity index (χ1v) is 16.0. The van der Waals surface area contributed by atoms with Crippen molar-refractivity contribution < 1.29 is 78.0 Å². The molecule has 0 unspecified atom stereocenters. The van der Waals surface area contributed by atoms with E-state index in [0.29, 0.717) is 31.7 Å². The van der Waals surface area contributed by atoms with Crippen LogP contribution in [0.3, 0.4) is 0 Å². The van der Waals surface area contributed by atoms with Crippen LogP contribution in [0, 0.1) is 11.6 Å². The molecule has 0 aromatic heterocycles. The largest absolute Gasteiger partial charge is 0.490 e. The second kappa shape index (κ2) is 19.4. The Kier molecular flexibility index (Phi) is 15.3. The lowest BCUT2D eigenvalue weighted by Crippen LogP contribution is -2.25. The highest BCUT2D eigenvalue weighted by Gasteiger charge is 2.49. The molecule has 3 aromatic rings. The number of benzene rings is 3. The smallest absolute Gasteiger partial charge is 0.420 e. The number of alkyl halides is 6. The minimum Gasteiger partial charge on any atom is -0.490 e. The van der Waals surface area contributed by atoms with E-state index < -0.39 is 81.6 Å². The topological polar surface area (TPSA) is 114 Å². The summed E-state index contributed by atoms with van der Waals surface area (Å²) in [6.45, 7) is 6.46. The number of unbranched alkanes of at least 4 members (excludes halogenated alkanes) is 3. The first kappa shape index (κ1) is 42.7. The van der Waals surface area contributed by atoms with Crippen LogP contribution in [-0.4, -0.2) is 43.7 Å². The minimum atomic E-state index is -5.89. The molecule has 3 rings (SSSR count). The molecule has 0 heterocycles. The molecule has 0 radical (unpaired) electrons. The average Bonchev–Trinajstić information content (AvgIpc) is 3.12. The molecule has 9 nitrogen and oxygen atoms in total. The van der Waals surface area contributed by atoms with Crippen molar-refractivity contribution in [3.63, 3.8) is 0 Å². The molecule has 0 saturated heterocycles. The van der Waals surface area contributed by atoms with Gasteiger partial charge >= 0.3 is 36.2 Å². The summed E-state index contributed by atoms with van der Waals surface area (Å²) < 4.78 is 139. The summed E-state index contributed by atoms with van der Waals surface area (Å²) in [4.78, 5) is 47.6. The number of rotatable bonds is 18. The molecule has 290 valence electrons. The normalized spacial score (nSPS) is 11.3. The number of carbonyl (C=O) groups is 4. The van der Waals surface area contributed by atoms with Crippen molar-refractivity contribution in [3.8, 4) is 17.2 Å². The molecule has 0 amide bonds. The van der Waals surface area contributed by atoms with Crippen molar-refractivity contribution >= 4 is 23.9 Å². The van der Waals surface area contributed by atoms with Gasteiger partial charge in [-0.15, -0.1) is 0 Å². The summed E-state index contributed by atoms with van der Waals surface area (Å²) in [6, 6.07) is 7.28. The van der Waals surface area contributed by atoms with Gasteiger partial charge in [0.2, 0.25) is 5.82 Å². The van der Waals surface area contributed by atoms with Crippen LogP contribution in [0.1, 0.15) is 69.5 Å². The van der Waals surface area contributed by atoms with Crippen molar-refractivity contribution in [2.75, 3.05) is 19.8 Å². The summed E-state index contributed by atoms with van der Waals surface area (Å²) in [6.07, 6.45) is -6.86. The van der Waals surface area contributed by atoms with Crippen LogP contribution in [0.2, 0.25) is 0 Å². The molecule has 0 aliphatic heterocycles. The highest BCUT2D eigenvalue weighted by Crippen LogP contribution is 2.47. The minimum absolute atomic E-state index is 0.0239. The van der Waals surface area contributed by atoms with Crippen LogP contribution in [-0.2, 0) is 37.8 Å². The van der Waals surface area contributed by atoms with Crippen molar-refractivity contribution in [2.45, 2.75) is 50.9 Å². The van der Waals surface area contributed by atoms with Gasteiger partial charge in [0, 0.05) is 12.2 Å². The predicted octanol–water partition coefficient (Wildman–Crippen LogP) is 8.77. The number of carbonyl (C=O) groups excluding carboxylic acids is 4. The number of esters is 4. The molecular weight excluding hydrogens is 740 g/mol. The van der Waals surface area contributed by atoms with Gasteiger partial charge in [0.05, 0.1) is 36.5 Å². The second-order valence-electron chi connectivity index (χ2n) is 11.1. The van der Waals surface area contributed by atoms with Gasteiger partial charge in [-0.05, 0) is 80.5 Å². The second-order valence-corrected chi connectivity index (χ2v) is 11.1. The highest BCUT2D eigenvalue weighted by molar-refractivity contribution is 5.95. The molecule has 0 bridgehead atoms. The van der Waals surface area contributed by atoms with Crippen LogP contribution >= 0.6 is 0 Å². The standard InChI is InChI=1S/C37H32F8O9/c1-3-28(46)51-20-7-5-6-10-22-11-13-23(14-12-22)53-34(48)24-15-17-26(31(37(43,44)45)30(24)36(40,41)42)54-35(49)25-16-18-27(33(39)32(25)38)50-19-8-9-21-52-29(47)4-2/h3-4,11-18H,1-2,5-10,19-21H2. The van der Waals surface area contributed by atoms with Crippen LogP contribution in [0.15, 0.2) is 73.8 Å². The van der Waals surface area contributed by atoms with Crippen LogP contribution in [0.25, 0.3) is 0 Å². The number of hydrogen-bond donors (Lipinski definition) is 0. The maximum absolute atomic E-state index is 14.8. The first-order chi connectivity index (χ1) is 25.5. The molecule has 0 aliphatic carbocycles. The molecule has 0 saturated carbocycles. The fraction of sp³-hybridized carbons (Fsp3) is 0.297. The van der Waals surface area contributed by atoms with E-state index in [1.165, 1.54) is 24.3 Å². The summed E-state index contributed by atoms with van der Waals surface area (Å²) >= 11 is 0. The Balaban J connectivity index is 1.76. The zero-order valence-electron chi connectivity index (χ0n) is 28.2. The lowest BCUT2D eigenvalue weighted by atomic mass is 9.98. The fourth-order valence-corrected chi connectivity index (χ4v) is 4.71. The van der Waals surface area contributed by atoms with Crippen LogP contribution in [0.4, 0.5) is 35.1 Å². The van der Waals surface area contributed by atoms with Gasteiger partial charge in [0.25, 0.3) is 0 Å². The number of ether oxygens (including phenoxy) is 5. The summed E-state index contributed by atoms with van der Waals surface area (Å²) in [5, 5.41) is 0. The monoisotopic (exact) mass is 772 g/mol.